The second-order valence-corrected chi connectivity index (χ2v) is 8.70. The van der Waals surface area contributed by atoms with E-state index in [1.54, 1.807) is 29.2 Å². The zero-order valence-electron chi connectivity index (χ0n) is 16.4. The highest BCUT2D eigenvalue weighted by atomic mass is 32.2. The molecule has 8 heteroatoms. The molecule has 0 radical (unpaired) electrons. The lowest BCUT2D eigenvalue weighted by molar-refractivity contribution is -0.130. The van der Waals surface area contributed by atoms with E-state index in [4.69, 9.17) is 4.74 Å². The second-order valence-electron chi connectivity index (χ2n) is 6.83. The molecule has 0 aromatic heterocycles. The van der Waals surface area contributed by atoms with Crippen molar-refractivity contribution >= 4 is 21.6 Å². The first-order chi connectivity index (χ1) is 13.9. The van der Waals surface area contributed by atoms with Crippen molar-refractivity contribution in [2.75, 3.05) is 30.5 Å². The third kappa shape index (κ3) is 5.06. The van der Waals surface area contributed by atoms with Gasteiger partial charge >= 0.3 is 0 Å². The Balaban J connectivity index is 1.93. The van der Waals surface area contributed by atoms with Crippen LogP contribution in [-0.4, -0.2) is 45.5 Å². The first-order valence-electron chi connectivity index (χ1n) is 9.71. The third-order valence-corrected chi connectivity index (χ3v) is 6.61. The molecule has 0 atom stereocenters. The molecule has 1 fully saturated rings. The topological polar surface area (TPSA) is 66.9 Å². The van der Waals surface area contributed by atoms with E-state index in [1.807, 2.05) is 6.92 Å². The van der Waals surface area contributed by atoms with Gasteiger partial charge in [0.1, 0.15) is 18.1 Å². The van der Waals surface area contributed by atoms with E-state index < -0.39 is 15.8 Å². The van der Waals surface area contributed by atoms with Crippen molar-refractivity contribution in [3.8, 4) is 5.75 Å². The van der Waals surface area contributed by atoms with Crippen LogP contribution in [0, 0.1) is 5.82 Å². The average molecular weight is 421 g/mol. The van der Waals surface area contributed by atoms with Gasteiger partial charge in [0.15, 0.2) is 0 Å². The molecule has 1 heterocycles. The number of hydrogen-bond acceptors (Lipinski definition) is 4. The lowest BCUT2D eigenvalue weighted by atomic mass is 10.1. The van der Waals surface area contributed by atoms with Crippen molar-refractivity contribution in [1.82, 2.24) is 4.90 Å². The summed E-state index contributed by atoms with van der Waals surface area (Å²) < 4.78 is 46.3. The fourth-order valence-corrected chi connectivity index (χ4v) is 4.70. The van der Waals surface area contributed by atoms with Gasteiger partial charge in [-0.3, -0.25) is 9.10 Å². The number of carbonyl (C=O) groups excluding carboxylic acids is 1. The van der Waals surface area contributed by atoms with E-state index >= 15 is 0 Å². The number of halogens is 1. The number of rotatable bonds is 7. The fourth-order valence-electron chi connectivity index (χ4n) is 3.29. The summed E-state index contributed by atoms with van der Waals surface area (Å²) in [6.45, 7) is 3.30. The normalized spacial score (nSPS) is 14.5. The van der Waals surface area contributed by atoms with Crippen LogP contribution in [0.2, 0.25) is 0 Å². The number of anilines is 1. The van der Waals surface area contributed by atoms with Gasteiger partial charge in [0.25, 0.3) is 10.0 Å². The molecular weight excluding hydrogens is 395 g/mol. The molecule has 1 amide bonds. The number of amides is 1. The predicted octanol–water partition coefficient (Wildman–Crippen LogP) is 3.43. The van der Waals surface area contributed by atoms with E-state index in [9.17, 15) is 17.6 Å². The maximum Gasteiger partial charge on any atom is 0.264 e. The maximum atomic E-state index is 13.3. The molecular formula is C21H25FN2O4S. The summed E-state index contributed by atoms with van der Waals surface area (Å²) in [5, 5.41) is 0. The molecule has 1 aliphatic rings. The first kappa shape index (κ1) is 21.1. The quantitative estimate of drug-likeness (QED) is 0.688. The number of likely N-dealkylation sites (tertiary alicyclic amines) is 1. The number of piperidine rings is 1. The van der Waals surface area contributed by atoms with Gasteiger partial charge in [0.05, 0.1) is 17.2 Å². The minimum Gasteiger partial charge on any atom is -0.494 e. The molecule has 0 spiro atoms. The smallest absolute Gasteiger partial charge is 0.264 e. The van der Waals surface area contributed by atoms with Gasteiger partial charge in [0, 0.05) is 13.1 Å². The van der Waals surface area contributed by atoms with E-state index in [2.05, 4.69) is 0 Å². The van der Waals surface area contributed by atoms with Crippen LogP contribution in [0.5, 0.6) is 5.75 Å². The van der Waals surface area contributed by atoms with E-state index in [1.165, 1.54) is 12.1 Å². The largest absolute Gasteiger partial charge is 0.494 e. The Hall–Kier alpha value is -2.61. The molecule has 0 N–H and O–H groups in total. The SMILES string of the molecule is CCOc1ccc(N(CC(=O)N2CCCCC2)S(=O)(=O)c2ccc(F)cc2)cc1. The Labute approximate surface area is 170 Å². The van der Waals surface area contributed by atoms with Crippen LogP contribution in [0.4, 0.5) is 10.1 Å². The molecule has 0 saturated carbocycles. The highest BCUT2D eigenvalue weighted by Crippen LogP contribution is 2.26. The Morgan fingerprint density at radius 2 is 1.66 bits per heavy atom. The molecule has 0 unspecified atom stereocenters. The Bertz CT molecular complexity index is 924. The van der Waals surface area contributed by atoms with Crippen molar-refractivity contribution in [3.63, 3.8) is 0 Å². The monoisotopic (exact) mass is 420 g/mol. The van der Waals surface area contributed by atoms with Crippen LogP contribution in [0.3, 0.4) is 0 Å². The summed E-state index contributed by atoms with van der Waals surface area (Å²) in [5.74, 6) is -0.164. The summed E-state index contributed by atoms with van der Waals surface area (Å²) >= 11 is 0. The number of ether oxygens (including phenoxy) is 1. The highest BCUT2D eigenvalue weighted by molar-refractivity contribution is 7.92. The maximum absolute atomic E-state index is 13.3. The summed E-state index contributed by atoms with van der Waals surface area (Å²) in [4.78, 5) is 14.4. The van der Waals surface area contributed by atoms with Gasteiger partial charge in [-0.15, -0.1) is 0 Å². The van der Waals surface area contributed by atoms with Crippen molar-refractivity contribution in [3.05, 3.63) is 54.3 Å². The number of benzene rings is 2. The van der Waals surface area contributed by atoms with Crippen LogP contribution in [0.25, 0.3) is 0 Å². The van der Waals surface area contributed by atoms with Crippen molar-refractivity contribution < 1.29 is 22.3 Å². The molecule has 3 rings (SSSR count). The lowest BCUT2D eigenvalue weighted by Gasteiger charge is -2.30. The third-order valence-electron chi connectivity index (χ3n) is 4.82. The van der Waals surface area contributed by atoms with Crippen LogP contribution < -0.4 is 9.04 Å². The number of hydrogen-bond donors (Lipinski definition) is 0. The number of sulfonamides is 1. The molecule has 1 saturated heterocycles. The fraction of sp³-hybridized carbons (Fsp3) is 0.381. The molecule has 0 bridgehead atoms. The zero-order valence-corrected chi connectivity index (χ0v) is 17.2. The highest BCUT2D eigenvalue weighted by Gasteiger charge is 2.29. The zero-order chi connectivity index (χ0) is 20.9. The van der Waals surface area contributed by atoms with E-state index in [0.29, 0.717) is 31.1 Å². The van der Waals surface area contributed by atoms with E-state index in [-0.39, 0.29) is 17.3 Å². The van der Waals surface area contributed by atoms with Gasteiger partial charge in [0.2, 0.25) is 5.91 Å². The van der Waals surface area contributed by atoms with Crippen molar-refractivity contribution in [1.29, 1.82) is 0 Å². The van der Waals surface area contributed by atoms with Gasteiger partial charge in [-0.25, -0.2) is 12.8 Å². The van der Waals surface area contributed by atoms with Gasteiger partial charge in [-0.05, 0) is 74.7 Å². The van der Waals surface area contributed by atoms with Gasteiger partial charge < -0.3 is 9.64 Å². The van der Waals surface area contributed by atoms with Crippen LogP contribution in [-0.2, 0) is 14.8 Å². The van der Waals surface area contributed by atoms with Crippen molar-refractivity contribution in [2.24, 2.45) is 0 Å². The minimum absolute atomic E-state index is 0.0702. The summed E-state index contributed by atoms with van der Waals surface area (Å²) in [6.07, 6.45) is 2.90. The molecule has 0 aliphatic carbocycles. The molecule has 156 valence electrons. The Morgan fingerprint density at radius 1 is 1.03 bits per heavy atom. The Morgan fingerprint density at radius 3 is 2.24 bits per heavy atom. The van der Waals surface area contributed by atoms with Crippen molar-refractivity contribution in [2.45, 2.75) is 31.1 Å². The molecule has 2 aromatic carbocycles. The first-order valence-corrected chi connectivity index (χ1v) is 11.1. The van der Waals surface area contributed by atoms with Gasteiger partial charge in [-0.1, -0.05) is 0 Å². The summed E-state index contributed by atoms with van der Waals surface area (Å²) in [7, 11) is -4.05. The standard InChI is InChI=1S/C21H25FN2O4S/c1-2-28-19-10-8-18(9-11-19)24(16-21(25)23-14-4-3-5-15-23)29(26,27)20-12-6-17(22)7-13-20/h6-13H,2-5,14-16H2,1H3. The van der Waals surface area contributed by atoms with E-state index in [0.717, 1.165) is 35.7 Å². The lowest BCUT2D eigenvalue weighted by Crippen LogP contribution is -2.44. The minimum atomic E-state index is -4.05. The average Bonchev–Trinajstić information content (AvgIpc) is 2.73. The molecule has 1 aliphatic heterocycles. The molecule has 6 nitrogen and oxygen atoms in total. The second kappa shape index (κ2) is 9.26. The molecule has 29 heavy (non-hydrogen) atoms. The summed E-state index contributed by atoms with van der Waals surface area (Å²) in [5.41, 5.74) is 0.350. The van der Waals surface area contributed by atoms with Crippen LogP contribution >= 0.6 is 0 Å². The summed E-state index contributed by atoms with van der Waals surface area (Å²) in [6, 6.07) is 11.1. The molecule has 2 aromatic rings. The predicted molar refractivity (Wildman–Crippen MR) is 109 cm³/mol. The number of nitrogens with zero attached hydrogens (tertiary/aromatic N) is 2. The van der Waals surface area contributed by atoms with Crippen LogP contribution in [0.15, 0.2) is 53.4 Å². The van der Waals surface area contributed by atoms with Crippen LogP contribution in [0.1, 0.15) is 26.2 Å². The number of carbonyl (C=O) groups is 1. The Kier molecular flexibility index (Phi) is 6.74. The van der Waals surface area contributed by atoms with Gasteiger partial charge in [-0.2, -0.15) is 0 Å².